The van der Waals surface area contributed by atoms with Crippen LogP contribution in [0.3, 0.4) is 0 Å². The van der Waals surface area contributed by atoms with Crippen LogP contribution in [0, 0.1) is 0 Å². The van der Waals surface area contributed by atoms with Crippen molar-refractivity contribution in [2.24, 2.45) is 0 Å². The van der Waals surface area contributed by atoms with E-state index in [0.29, 0.717) is 6.54 Å². The van der Waals surface area contributed by atoms with Crippen LogP contribution >= 0.6 is 0 Å². The van der Waals surface area contributed by atoms with Crippen molar-refractivity contribution in [3.8, 4) is 0 Å². The van der Waals surface area contributed by atoms with Crippen molar-refractivity contribution in [2.75, 3.05) is 39.6 Å². The molecule has 0 saturated carbocycles. The van der Waals surface area contributed by atoms with E-state index in [1.54, 1.807) is 0 Å². The van der Waals surface area contributed by atoms with Crippen molar-refractivity contribution >= 4 is 10.1 Å². The Hall–Kier alpha value is -0.290. The van der Waals surface area contributed by atoms with Gasteiger partial charge in [0, 0.05) is 6.61 Å². The number of hydrogen-bond acceptors (Lipinski definition) is 6. The highest BCUT2D eigenvalue weighted by Gasteiger charge is 2.04. The number of quaternary nitrogens is 1. The quantitative estimate of drug-likeness (QED) is 0.317. The van der Waals surface area contributed by atoms with Crippen LogP contribution in [0.15, 0.2) is 0 Å². The number of aliphatic hydroxyl groups excluding tert-OH is 3. The van der Waals surface area contributed by atoms with Gasteiger partial charge in [0.25, 0.3) is 10.1 Å². The van der Waals surface area contributed by atoms with E-state index in [4.69, 9.17) is 19.9 Å². The normalized spacial score (nSPS) is 12.4. The molecule has 1 unspecified atom stereocenters. The van der Waals surface area contributed by atoms with Gasteiger partial charge >= 0.3 is 0 Å². The molecule has 0 saturated heterocycles. The maximum Gasteiger partial charge on any atom is 0.264 e. The van der Waals surface area contributed by atoms with Gasteiger partial charge in [0.1, 0.15) is 12.6 Å². The highest BCUT2D eigenvalue weighted by atomic mass is 32.2. The van der Waals surface area contributed by atoms with Gasteiger partial charge in [-0.15, -0.1) is 0 Å². The summed E-state index contributed by atoms with van der Waals surface area (Å²) in [4.78, 5) is 1.14. The molecular weight excluding hydrogens is 254 g/mol. The molecule has 0 aliphatic rings. The van der Waals surface area contributed by atoms with Crippen molar-refractivity contribution < 1.29 is 38.7 Å². The highest BCUT2D eigenvalue weighted by Crippen LogP contribution is 1.84. The fraction of sp³-hybridized carbons (Fsp3) is 1.00. The molecule has 0 aliphatic heterocycles. The molecule has 8 nitrogen and oxygen atoms in total. The van der Waals surface area contributed by atoms with E-state index < -0.39 is 16.2 Å². The van der Waals surface area contributed by atoms with E-state index in [0.717, 1.165) is 4.90 Å². The van der Waals surface area contributed by atoms with Gasteiger partial charge in [-0.25, -0.2) is 0 Å². The Morgan fingerprint density at radius 3 is 1.82 bits per heavy atom. The second-order valence-corrected chi connectivity index (χ2v) is 5.18. The SMILES string of the molecule is C[NH+](C)CC(O)CO.O=S(=O)(O)CCCO.[OH-]. The molecule has 0 heterocycles. The van der Waals surface area contributed by atoms with Gasteiger partial charge < -0.3 is 25.7 Å². The maximum absolute atomic E-state index is 9.83. The molecule has 108 valence electrons. The summed E-state index contributed by atoms with van der Waals surface area (Å²) in [6.45, 7) is 0.265. The number of hydrogen-bond donors (Lipinski definition) is 5. The lowest BCUT2D eigenvalue weighted by Gasteiger charge is -2.09. The number of likely N-dealkylation sites (N-methyl/N-ethyl adjacent to an activating group) is 1. The molecule has 0 rings (SSSR count). The summed E-state index contributed by atoms with van der Waals surface area (Å²) in [5.74, 6) is -0.358. The number of nitrogens with one attached hydrogen (secondary N) is 1. The molecule has 1 atom stereocenters. The lowest BCUT2D eigenvalue weighted by atomic mass is 10.4. The van der Waals surface area contributed by atoms with Gasteiger partial charge in [-0.05, 0) is 6.42 Å². The van der Waals surface area contributed by atoms with Crippen LogP contribution in [-0.2, 0) is 10.1 Å². The molecule has 0 aromatic rings. The first-order valence-electron chi connectivity index (χ1n) is 4.87. The third kappa shape index (κ3) is 25.7. The smallest absolute Gasteiger partial charge is 0.264 e. The standard InChI is InChI=1S/C5H13NO2.C3H8O4S.H2O/c1-6(2)3-5(8)4-7;4-2-1-3-8(5,6)7;/h5,7-8H,3-4H2,1-2H3;4H,1-3H2,(H,5,6,7);1H2. The van der Waals surface area contributed by atoms with Crippen LogP contribution in [0.2, 0.25) is 0 Å². The van der Waals surface area contributed by atoms with Crippen LogP contribution < -0.4 is 4.90 Å². The average Bonchev–Trinajstić information content (AvgIpc) is 2.13. The molecule has 0 bridgehead atoms. The van der Waals surface area contributed by atoms with Gasteiger partial charge in [-0.3, -0.25) is 4.55 Å². The van der Waals surface area contributed by atoms with Crippen LogP contribution in [-0.4, -0.2) is 79.5 Å². The molecule has 0 fully saturated rings. The zero-order valence-electron chi connectivity index (χ0n) is 10.1. The summed E-state index contributed by atoms with van der Waals surface area (Å²) >= 11 is 0. The topological polar surface area (TPSA) is 150 Å². The van der Waals surface area contributed by atoms with Crippen LogP contribution in [0.5, 0.6) is 0 Å². The van der Waals surface area contributed by atoms with Crippen LogP contribution in [0.1, 0.15) is 6.42 Å². The minimum absolute atomic E-state index is 0. The largest absolute Gasteiger partial charge is 0.870 e. The third-order valence-corrected chi connectivity index (χ3v) is 2.22. The fourth-order valence-electron chi connectivity index (χ4n) is 0.783. The second kappa shape index (κ2) is 12.2. The zero-order chi connectivity index (χ0) is 13.2. The third-order valence-electron chi connectivity index (χ3n) is 1.42. The first-order chi connectivity index (χ1) is 7.22. The summed E-state index contributed by atoms with van der Waals surface area (Å²) in [5.41, 5.74) is 0. The monoisotopic (exact) mass is 277 g/mol. The molecule has 0 aromatic carbocycles. The molecule has 0 aliphatic carbocycles. The number of aliphatic hydroxyl groups is 3. The van der Waals surface area contributed by atoms with Gasteiger partial charge in [0.05, 0.1) is 26.5 Å². The summed E-state index contributed by atoms with van der Waals surface area (Å²) < 4.78 is 27.7. The zero-order valence-corrected chi connectivity index (χ0v) is 10.9. The lowest BCUT2D eigenvalue weighted by Crippen LogP contribution is -3.07. The molecule has 6 N–H and O–H groups in total. The lowest BCUT2D eigenvalue weighted by molar-refractivity contribution is -0.861. The Bertz CT molecular complexity index is 242. The van der Waals surface area contributed by atoms with Crippen molar-refractivity contribution in [1.82, 2.24) is 0 Å². The molecule has 0 spiro atoms. The first kappa shape index (κ1) is 21.9. The van der Waals surface area contributed by atoms with Crippen molar-refractivity contribution in [3.05, 3.63) is 0 Å². The maximum atomic E-state index is 9.83. The molecular formula is C8H23NO7S. The molecule has 0 radical (unpaired) electrons. The Morgan fingerprint density at radius 2 is 1.71 bits per heavy atom. The summed E-state index contributed by atoms with van der Waals surface area (Å²) in [6.07, 6.45) is -0.459. The van der Waals surface area contributed by atoms with E-state index in [2.05, 4.69) is 0 Å². The van der Waals surface area contributed by atoms with Crippen molar-refractivity contribution in [1.29, 1.82) is 0 Å². The summed E-state index contributed by atoms with van der Waals surface area (Å²) in [5, 5.41) is 25.1. The van der Waals surface area contributed by atoms with E-state index in [1.807, 2.05) is 14.1 Å². The van der Waals surface area contributed by atoms with E-state index in [9.17, 15) is 8.42 Å². The summed E-state index contributed by atoms with van der Waals surface area (Å²) in [7, 11) is 0.0126. The highest BCUT2D eigenvalue weighted by molar-refractivity contribution is 7.85. The van der Waals surface area contributed by atoms with Gasteiger partial charge in [0.2, 0.25) is 0 Å². The minimum atomic E-state index is -3.85. The molecule has 9 heteroatoms. The van der Waals surface area contributed by atoms with Crippen molar-refractivity contribution in [2.45, 2.75) is 12.5 Å². The van der Waals surface area contributed by atoms with Gasteiger partial charge in [0.15, 0.2) is 0 Å². The Balaban J connectivity index is -0.000000218. The Labute approximate surface area is 102 Å². The number of rotatable bonds is 6. The molecule has 0 amide bonds. The Kier molecular flexibility index (Phi) is 15.7. The van der Waals surface area contributed by atoms with Crippen LogP contribution in [0.25, 0.3) is 0 Å². The average molecular weight is 277 g/mol. The van der Waals surface area contributed by atoms with Gasteiger partial charge in [-0.2, -0.15) is 8.42 Å². The predicted octanol–water partition coefficient (Wildman–Crippen LogP) is -3.44. The fourth-order valence-corrected chi connectivity index (χ4v) is 1.28. The summed E-state index contributed by atoms with van der Waals surface area (Å²) in [6, 6.07) is 0. The molecule has 0 aromatic heterocycles. The van der Waals surface area contributed by atoms with E-state index >= 15 is 0 Å². The Morgan fingerprint density at radius 1 is 1.24 bits per heavy atom. The van der Waals surface area contributed by atoms with Crippen LogP contribution in [0.4, 0.5) is 0 Å². The van der Waals surface area contributed by atoms with Gasteiger partial charge in [-0.1, -0.05) is 0 Å². The second-order valence-electron chi connectivity index (χ2n) is 3.61. The van der Waals surface area contributed by atoms with E-state index in [1.165, 1.54) is 0 Å². The van der Waals surface area contributed by atoms with Crippen molar-refractivity contribution in [3.63, 3.8) is 0 Å². The van der Waals surface area contributed by atoms with E-state index in [-0.39, 0.29) is 30.9 Å². The molecule has 17 heavy (non-hydrogen) atoms. The minimum Gasteiger partial charge on any atom is -0.870 e. The first-order valence-corrected chi connectivity index (χ1v) is 6.47. The predicted molar refractivity (Wildman–Crippen MR) is 60.8 cm³/mol.